The first-order chi connectivity index (χ1) is 7.24. The average molecular weight is 273 g/mol. The number of carbonyl (C=O) groups excluding carboxylic acids is 1. The molecule has 4 nitrogen and oxygen atoms in total. The van der Waals surface area contributed by atoms with Crippen LogP contribution in [0.4, 0.5) is 0 Å². The Balaban J connectivity index is 2.14. The summed E-state index contributed by atoms with van der Waals surface area (Å²) in [5.74, 6) is 0.342. The van der Waals surface area contributed by atoms with Gasteiger partial charge in [-0.1, -0.05) is 15.9 Å². The van der Waals surface area contributed by atoms with Gasteiger partial charge in [0.25, 0.3) is 5.91 Å². The Bertz CT molecular complexity index is 360. The van der Waals surface area contributed by atoms with Crippen LogP contribution in [0.25, 0.3) is 0 Å². The quantitative estimate of drug-likeness (QED) is 0.788. The zero-order chi connectivity index (χ0) is 10.8. The summed E-state index contributed by atoms with van der Waals surface area (Å²) in [6.45, 7) is 2.51. The first kappa shape index (κ1) is 10.7. The molecule has 82 valence electrons. The molecule has 0 spiro atoms. The van der Waals surface area contributed by atoms with Crippen molar-refractivity contribution in [2.24, 2.45) is 0 Å². The lowest BCUT2D eigenvalue weighted by Gasteiger charge is -2.19. The van der Waals surface area contributed by atoms with Gasteiger partial charge in [0, 0.05) is 17.9 Å². The van der Waals surface area contributed by atoms with Crippen LogP contribution < -0.4 is 0 Å². The van der Waals surface area contributed by atoms with Crippen molar-refractivity contribution in [3.05, 3.63) is 17.8 Å². The zero-order valence-electron chi connectivity index (χ0n) is 8.57. The van der Waals surface area contributed by atoms with E-state index in [2.05, 4.69) is 20.9 Å². The molecule has 0 aromatic carbocycles. The van der Waals surface area contributed by atoms with E-state index in [9.17, 15) is 4.79 Å². The largest absolute Gasteiger partial charge is 0.438 e. The molecule has 15 heavy (non-hydrogen) atoms. The third-order valence-electron chi connectivity index (χ3n) is 2.51. The second kappa shape index (κ2) is 4.35. The number of carbonyl (C=O) groups is 1. The summed E-state index contributed by atoms with van der Waals surface area (Å²) in [6, 6.07) is 0.402. The summed E-state index contributed by atoms with van der Waals surface area (Å²) in [5, 5.41) is 0.794. The normalized spacial score (nSPS) is 15.3. The first-order valence-electron chi connectivity index (χ1n) is 5.01. The van der Waals surface area contributed by atoms with E-state index in [0.29, 0.717) is 17.5 Å². The maximum atomic E-state index is 12.1. The first-order valence-corrected chi connectivity index (χ1v) is 6.13. The molecule has 1 heterocycles. The molecule has 1 aliphatic carbocycles. The molecular weight excluding hydrogens is 260 g/mol. The van der Waals surface area contributed by atoms with Gasteiger partial charge < -0.3 is 9.32 Å². The topological polar surface area (TPSA) is 46.3 Å². The minimum atomic E-state index is -0.0352. The Morgan fingerprint density at radius 1 is 1.73 bits per heavy atom. The summed E-state index contributed by atoms with van der Waals surface area (Å²) >= 11 is 3.36. The number of oxazole rings is 1. The van der Waals surface area contributed by atoms with E-state index in [-0.39, 0.29) is 5.91 Å². The van der Waals surface area contributed by atoms with Crippen LogP contribution in [-0.2, 0) is 0 Å². The van der Waals surface area contributed by atoms with E-state index in [1.165, 1.54) is 6.39 Å². The smallest absolute Gasteiger partial charge is 0.291 e. The molecule has 1 aliphatic rings. The van der Waals surface area contributed by atoms with E-state index in [1.54, 1.807) is 6.92 Å². The minimum absolute atomic E-state index is 0.0352. The van der Waals surface area contributed by atoms with Crippen LogP contribution in [0.3, 0.4) is 0 Å². The zero-order valence-corrected chi connectivity index (χ0v) is 10.2. The van der Waals surface area contributed by atoms with E-state index in [1.807, 2.05) is 4.90 Å². The fourth-order valence-electron chi connectivity index (χ4n) is 1.56. The van der Waals surface area contributed by atoms with Gasteiger partial charge in [-0.15, -0.1) is 0 Å². The van der Waals surface area contributed by atoms with Crippen molar-refractivity contribution in [3.8, 4) is 0 Å². The fourth-order valence-corrected chi connectivity index (χ4v) is 1.95. The predicted octanol–water partition coefficient (Wildman–Crippen LogP) is 1.98. The molecular formula is C10H13BrN2O2. The van der Waals surface area contributed by atoms with Gasteiger partial charge in [0.15, 0.2) is 6.39 Å². The van der Waals surface area contributed by atoms with Crippen LogP contribution >= 0.6 is 15.9 Å². The molecule has 1 aromatic heterocycles. The Hall–Kier alpha value is -0.840. The molecule has 0 bridgehead atoms. The average Bonchev–Trinajstić information content (AvgIpc) is 2.97. The highest BCUT2D eigenvalue weighted by molar-refractivity contribution is 9.09. The maximum Gasteiger partial charge on any atom is 0.291 e. The molecule has 5 heteroatoms. The van der Waals surface area contributed by atoms with Gasteiger partial charge in [-0.2, -0.15) is 0 Å². The molecule has 0 atom stereocenters. The highest BCUT2D eigenvalue weighted by Crippen LogP contribution is 2.28. The molecule has 0 radical (unpaired) electrons. The summed E-state index contributed by atoms with van der Waals surface area (Å²) in [7, 11) is 0. The number of nitrogens with zero attached hydrogens (tertiary/aromatic N) is 2. The molecule has 0 aliphatic heterocycles. The van der Waals surface area contributed by atoms with Gasteiger partial charge in [-0.3, -0.25) is 4.79 Å². The van der Waals surface area contributed by atoms with Crippen LogP contribution in [0.1, 0.15) is 29.1 Å². The summed E-state index contributed by atoms with van der Waals surface area (Å²) < 4.78 is 5.11. The Morgan fingerprint density at radius 2 is 2.47 bits per heavy atom. The number of alkyl halides is 1. The lowest BCUT2D eigenvalue weighted by atomic mass is 10.3. The van der Waals surface area contributed by atoms with E-state index >= 15 is 0 Å². The van der Waals surface area contributed by atoms with Gasteiger partial charge in [0.2, 0.25) is 5.76 Å². The van der Waals surface area contributed by atoms with Gasteiger partial charge in [-0.05, 0) is 19.8 Å². The SMILES string of the molecule is Cc1ncoc1C(=O)N(CCBr)C1CC1. The Kier molecular flexibility index (Phi) is 3.09. The van der Waals surface area contributed by atoms with Gasteiger partial charge in [0.1, 0.15) is 0 Å². The number of aromatic nitrogens is 1. The van der Waals surface area contributed by atoms with Crippen LogP contribution in [0.15, 0.2) is 10.8 Å². The van der Waals surface area contributed by atoms with Crippen molar-refractivity contribution >= 4 is 21.8 Å². The lowest BCUT2D eigenvalue weighted by molar-refractivity contribution is 0.0721. The lowest BCUT2D eigenvalue weighted by Crippen LogP contribution is -2.34. The molecule has 0 N–H and O–H groups in total. The molecule has 1 amide bonds. The molecule has 0 saturated heterocycles. The van der Waals surface area contributed by atoms with Gasteiger partial charge in [-0.25, -0.2) is 4.98 Å². The standard InChI is InChI=1S/C10H13BrN2O2/c1-7-9(15-6-12-7)10(14)13(5-4-11)8-2-3-8/h6,8H,2-5H2,1H3. The number of halogens is 1. The second-order valence-corrected chi connectivity index (χ2v) is 4.48. The molecule has 0 unspecified atom stereocenters. The van der Waals surface area contributed by atoms with E-state index in [4.69, 9.17) is 4.42 Å². The molecule has 1 saturated carbocycles. The molecule has 2 rings (SSSR count). The van der Waals surface area contributed by atoms with Crippen molar-refractivity contribution < 1.29 is 9.21 Å². The Morgan fingerprint density at radius 3 is 2.93 bits per heavy atom. The highest BCUT2D eigenvalue weighted by Gasteiger charge is 2.34. The van der Waals surface area contributed by atoms with Gasteiger partial charge in [0.05, 0.1) is 5.69 Å². The Labute approximate surface area is 96.8 Å². The third kappa shape index (κ3) is 2.22. The van der Waals surface area contributed by atoms with Crippen molar-refractivity contribution in [2.45, 2.75) is 25.8 Å². The van der Waals surface area contributed by atoms with Crippen molar-refractivity contribution in [1.29, 1.82) is 0 Å². The van der Waals surface area contributed by atoms with Crippen LogP contribution in [0.2, 0.25) is 0 Å². The van der Waals surface area contributed by atoms with Crippen molar-refractivity contribution in [3.63, 3.8) is 0 Å². The number of hydrogen-bond donors (Lipinski definition) is 0. The third-order valence-corrected chi connectivity index (χ3v) is 2.87. The fraction of sp³-hybridized carbons (Fsp3) is 0.600. The minimum Gasteiger partial charge on any atom is -0.438 e. The van der Waals surface area contributed by atoms with Crippen molar-refractivity contribution in [2.75, 3.05) is 11.9 Å². The number of hydrogen-bond acceptors (Lipinski definition) is 3. The summed E-state index contributed by atoms with van der Waals surface area (Å²) in [4.78, 5) is 17.9. The summed E-state index contributed by atoms with van der Waals surface area (Å²) in [5.41, 5.74) is 0.667. The highest BCUT2D eigenvalue weighted by atomic mass is 79.9. The number of rotatable bonds is 4. The van der Waals surface area contributed by atoms with Gasteiger partial charge >= 0.3 is 0 Å². The van der Waals surface area contributed by atoms with E-state index < -0.39 is 0 Å². The van der Waals surface area contributed by atoms with Crippen LogP contribution in [0.5, 0.6) is 0 Å². The molecule has 1 aromatic rings. The maximum absolute atomic E-state index is 12.1. The van der Waals surface area contributed by atoms with E-state index in [0.717, 1.165) is 24.7 Å². The predicted molar refractivity (Wildman–Crippen MR) is 59.1 cm³/mol. The van der Waals surface area contributed by atoms with Crippen molar-refractivity contribution in [1.82, 2.24) is 9.88 Å². The monoisotopic (exact) mass is 272 g/mol. The van der Waals surface area contributed by atoms with Crippen LogP contribution in [-0.4, -0.2) is 33.7 Å². The van der Waals surface area contributed by atoms with Crippen LogP contribution in [0, 0.1) is 6.92 Å². The summed E-state index contributed by atoms with van der Waals surface area (Å²) in [6.07, 6.45) is 3.53. The number of amides is 1. The number of aryl methyl sites for hydroxylation is 1. The molecule has 1 fully saturated rings. The second-order valence-electron chi connectivity index (χ2n) is 3.69.